The van der Waals surface area contributed by atoms with Crippen molar-refractivity contribution in [1.82, 2.24) is 9.80 Å². The van der Waals surface area contributed by atoms with Crippen LogP contribution in [-0.4, -0.2) is 84.9 Å². The molecule has 0 fully saturated rings. The molecule has 180 valence electrons. The molecule has 2 unspecified atom stereocenters. The lowest BCUT2D eigenvalue weighted by Crippen LogP contribution is -2.41. The molecular weight excluding hydrogens is 448 g/mol. The Hall–Kier alpha value is -3.04. The van der Waals surface area contributed by atoms with Crippen LogP contribution in [0.25, 0.3) is 0 Å². The Bertz CT molecular complexity index is 1030. The highest BCUT2D eigenvalue weighted by atomic mass is 32.1. The van der Waals surface area contributed by atoms with E-state index in [4.69, 9.17) is 17.0 Å². The quantitative estimate of drug-likeness (QED) is 0.426. The molecule has 0 radical (unpaired) electrons. The second-order valence-corrected chi connectivity index (χ2v) is 8.79. The number of hydrogen-bond donors (Lipinski definition) is 0. The van der Waals surface area contributed by atoms with Crippen molar-refractivity contribution < 1.29 is 9.53 Å². The molecular formula is C25H32N6O2S. The average Bonchev–Trinajstić information content (AvgIpc) is 2.82. The summed E-state index contributed by atoms with van der Waals surface area (Å²) in [5.41, 5.74) is 1.71. The van der Waals surface area contributed by atoms with E-state index >= 15 is 0 Å². The summed E-state index contributed by atoms with van der Waals surface area (Å²) in [6.45, 7) is 4.58. The van der Waals surface area contributed by atoms with E-state index in [9.17, 15) is 4.79 Å². The summed E-state index contributed by atoms with van der Waals surface area (Å²) >= 11 is 5.02. The summed E-state index contributed by atoms with van der Waals surface area (Å²) in [6, 6.07) is -0.409. The monoisotopic (exact) mass is 480 g/mol. The van der Waals surface area contributed by atoms with Gasteiger partial charge in [-0.3, -0.25) is 0 Å². The molecule has 2 aliphatic carbocycles. The lowest BCUT2D eigenvalue weighted by atomic mass is 9.95. The molecule has 34 heavy (non-hydrogen) atoms. The first-order valence-corrected chi connectivity index (χ1v) is 11.9. The van der Waals surface area contributed by atoms with Crippen molar-refractivity contribution in [2.24, 2.45) is 31.8 Å². The van der Waals surface area contributed by atoms with Gasteiger partial charge in [0.1, 0.15) is 5.84 Å². The molecule has 4 rings (SSSR count). The van der Waals surface area contributed by atoms with Gasteiger partial charge in [0.25, 0.3) is 0 Å². The maximum atomic E-state index is 11.5. The van der Waals surface area contributed by atoms with Crippen LogP contribution in [0.4, 0.5) is 4.79 Å². The van der Waals surface area contributed by atoms with Crippen LogP contribution in [0.15, 0.2) is 68.6 Å². The van der Waals surface area contributed by atoms with Gasteiger partial charge in [-0.25, -0.2) is 9.79 Å². The third-order valence-corrected chi connectivity index (χ3v) is 5.61. The second kappa shape index (κ2) is 12.4. The zero-order valence-electron chi connectivity index (χ0n) is 20.2. The number of amides is 2. The number of hydrogen-bond acceptors (Lipinski definition) is 5. The SMILES string of the molecule is CCCCOC1=NC(=S)N=C2C=CC=CC21.CN(C)CCN(C)C1=NC(=O)N=C2C=CC=CC21. The van der Waals surface area contributed by atoms with E-state index in [0.717, 1.165) is 43.2 Å². The van der Waals surface area contributed by atoms with E-state index in [1.165, 1.54) is 0 Å². The van der Waals surface area contributed by atoms with Gasteiger partial charge in [0.2, 0.25) is 11.0 Å². The summed E-state index contributed by atoms with van der Waals surface area (Å²) < 4.78 is 5.66. The number of aliphatic imine (C=N–C) groups is 4. The van der Waals surface area contributed by atoms with Crippen molar-refractivity contribution in [3.05, 3.63) is 48.6 Å². The summed E-state index contributed by atoms with van der Waals surface area (Å²) in [6.07, 6.45) is 17.8. The molecule has 0 bridgehead atoms. The number of fused-ring (bicyclic) bond motifs is 2. The van der Waals surface area contributed by atoms with Gasteiger partial charge in [-0.2, -0.15) is 15.0 Å². The van der Waals surface area contributed by atoms with Crippen molar-refractivity contribution in [3.63, 3.8) is 0 Å². The molecule has 0 saturated carbocycles. The van der Waals surface area contributed by atoms with Gasteiger partial charge < -0.3 is 14.5 Å². The maximum Gasteiger partial charge on any atom is 0.369 e. The standard InChI is InChI=1S/C13H18N4O.C12H14N2OS/c1-16(2)8-9-17(3)12-10-6-4-5-7-11(10)14-13(18)15-12;1-2-3-8-15-11-9-6-4-5-7-10(9)13-12(16)14-11/h4-7,10H,8-9H2,1-3H3;4-7,9H,2-3,8H2,1H3. The summed E-state index contributed by atoms with van der Waals surface area (Å²) in [5.74, 6) is 1.53. The van der Waals surface area contributed by atoms with Gasteiger partial charge in [0, 0.05) is 20.1 Å². The molecule has 0 spiro atoms. The fraction of sp³-hybridized carbons (Fsp3) is 0.440. The minimum Gasteiger partial charge on any atom is -0.480 e. The van der Waals surface area contributed by atoms with Crippen molar-refractivity contribution in [3.8, 4) is 0 Å². The molecule has 2 atom stereocenters. The highest BCUT2D eigenvalue weighted by molar-refractivity contribution is 7.80. The van der Waals surface area contributed by atoms with Crippen molar-refractivity contribution >= 4 is 46.5 Å². The maximum absolute atomic E-state index is 11.5. The molecule has 0 aromatic heterocycles. The summed E-state index contributed by atoms with van der Waals surface area (Å²) in [5, 5.41) is 0.359. The van der Waals surface area contributed by atoms with Gasteiger partial charge in [-0.1, -0.05) is 49.8 Å². The van der Waals surface area contributed by atoms with E-state index in [0.29, 0.717) is 17.6 Å². The molecule has 0 aromatic rings. The van der Waals surface area contributed by atoms with Crippen LogP contribution in [0, 0.1) is 11.8 Å². The van der Waals surface area contributed by atoms with E-state index in [1.807, 2.05) is 74.7 Å². The molecule has 0 aromatic carbocycles. The average molecular weight is 481 g/mol. The second-order valence-electron chi connectivity index (χ2n) is 8.43. The fourth-order valence-corrected chi connectivity index (χ4v) is 3.73. The first kappa shape index (κ1) is 25.6. The number of urea groups is 1. The number of thiocarbonyl (C=S) groups is 1. The first-order valence-electron chi connectivity index (χ1n) is 11.5. The number of likely N-dealkylation sites (N-methyl/N-ethyl adjacent to an activating group) is 2. The van der Waals surface area contributed by atoms with E-state index in [2.05, 4.69) is 31.8 Å². The number of nitrogens with zero attached hydrogens (tertiary/aromatic N) is 6. The third kappa shape index (κ3) is 6.98. The molecule has 2 aliphatic heterocycles. The number of carbonyl (C=O) groups is 1. The van der Waals surface area contributed by atoms with E-state index in [-0.39, 0.29) is 11.8 Å². The Balaban J connectivity index is 0.000000192. The van der Waals surface area contributed by atoms with Crippen molar-refractivity contribution in [2.45, 2.75) is 19.8 Å². The molecule has 8 nitrogen and oxygen atoms in total. The van der Waals surface area contributed by atoms with Crippen LogP contribution in [0.1, 0.15) is 19.8 Å². The Labute approximate surface area is 206 Å². The van der Waals surface area contributed by atoms with E-state index in [1.54, 1.807) is 0 Å². The lowest BCUT2D eigenvalue weighted by Gasteiger charge is -2.29. The fourth-order valence-electron chi connectivity index (χ4n) is 3.54. The van der Waals surface area contributed by atoms with Crippen molar-refractivity contribution in [2.75, 3.05) is 40.8 Å². The topological polar surface area (TPSA) is 82.2 Å². The number of ether oxygens (including phenoxy) is 1. The highest BCUT2D eigenvalue weighted by Gasteiger charge is 2.28. The Morgan fingerprint density at radius 3 is 2.26 bits per heavy atom. The number of unbranched alkanes of at least 4 members (excludes halogenated alkanes) is 1. The first-order chi connectivity index (χ1) is 16.4. The van der Waals surface area contributed by atoms with Crippen LogP contribution in [-0.2, 0) is 4.74 Å². The van der Waals surface area contributed by atoms with Crippen LogP contribution in [0.3, 0.4) is 0 Å². The largest absolute Gasteiger partial charge is 0.480 e. The van der Waals surface area contributed by atoms with Gasteiger partial charge in [0.15, 0.2) is 0 Å². The molecule has 0 saturated heterocycles. The Morgan fingerprint density at radius 2 is 1.59 bits per heavy atom. The highest BCUT2D eigenvalue weighted by Crippen LogP contribution is 2.19. The Morgan fingerprint density at radius 1 is 0.912 bits per heavy atom. The number of allylic oxidation sites excluding steroid dienone is 6. The summed E-state index contributed by atoms with van der Waals surface area (Å²) in [7, 11) is 6.01. The number of rotatable bonds is 6. The zero-order chi connectivity index (χ0) is 24.5. The molecule has 0 N–H and O–H groups in total. The van der Waals surface area contributed by atoms with Gasteiger partial charge in [0.05, 0.1) is 29.9 Å². The Kier molecular flexibility index (Phi) is 9.35. The smallest absolute Gasteiger partial charge is 0.369 e. The van der Waals surface area contributed by atoms with Gasteiger partial charge in [-0.05, 0) is 44.9 Å². The zero-order valence-corrected chi connectivity index (χ0v) is 21.0. The van der Waals surface area contributed by atoms with Crippen LogP contribution < -0.4 is 0 Å². The van der Waals surface area contributed by atoms with Gasteiger partial charge >= 0.3 is 6.03 Å². The minimum atomic E-state index is -0.409. The van der Waals surface area contributed by atoms with E-state index < -0.39 is 6.03 Å². The number of carbonyl (C=O) groups excluding carboxylic acids is 1. The lowest BCUT2D eigenvalue weighted by molar-refractivity contribution is 0.256. The van der Waals surface area contributed by atoms with Gasteiger partial charge in [-0.15, -0.1) is 0 Å². The predicted octanol–water partition coefficient (Wildman–Crippen LogP) is 3.88. The number of amidine groups is 1. The van der Waals surface area contributed by atoms with Crippen molar-refractivity contribution in [1.29, 1.82) is 0 Å². The third-order valence-electron chi connectivity index (χ3n) is 5.43. The molecule has 4 aliphatic rings. The normalized spacial score (nSPS) is 22.1. The predicted molar refractivity (Wildman–Crippen MR) is 143 cm³/mol. The van der Waals surface area contributed by atoms with Crippen LogP contribution in [0.5, 0.6) is 0 Å². The molecule has 9 heteroatoms. The molecule has 2 amide bonds. The summed E-state index contributed by atoms with van der Waals surface area (Å²) in [4.78, 5) is 32.1. The molecule has 2 heterocycles. The van der Waals surface area contributed by atoms with Crippen LogP contribution >= 0.6 is 12.2 Å². The minimum absolute atomic E-state index is 0.0138. The van der Waals surface area contributed by atoms with Crippen LogP contribution in [0.2, 0.25) is 0 Å².